The van der Waals surface area contributed by atoms with E-state index in [0.29, 0.717) is 4.47 Å². The quantitative estimate of drug-likeness (QED) is 0.843. The lowest BCUT2D eigenvalue weighted by Gasteiger charge is -2.12. The first-order valence-corrected chi connectivity index (χ1v) is 7.58. The van der Waals surface area contributed by atoms with Crippen molar-refractivity contribution in [1.29, 1.82) is 0 Å². The Morgan fingerprint density at radius 3 is 2.95 bits per heavy atom. The average molecular weight is 326 g/mol. The van der Waals surface area contributed by atoms with Gasteiger partial charge >= 0.3 is 0 Å². The summed E-state index contributed by atoms with van der Waals surface area (Å²) in [6, 6.07) is 0.0708. The standard InChI is InChI=1S/C14H20BrN3O/c1-10(2)18-14(19)13(15)12(9-17-18)16-8-7-11-5-3-4-6-11/h5,9-10,16H,3-4,6-8H2,1-2H3. The molecule has 4 nitrogen and oxygen atoms in total. The zero-order valence-corrected chi connectivity index (χ0v) is 13.0. The van der Waals surface area contributed by atoms with Crippen LogP contribution < -0.4 is 10.9 Å². The molecule has 0 atom stereocenters. The van der Waals surface area contributed by atoms with E-state index in [4.69, 9.17) is 0 Å². The van der Waals surface area contributed by atoms with Crippen LogP contribution in [0.15, 0.2) is 27.1 Å². The van der Waals surface area contributed by atoms with Gasteiger partial charge in [-0.1, -0.05) is 11.6 Å². The van der Waals surface area contributed by atoms with Crippen LogP contribution in [0.2, 0.25) is 0 Å². The van der Waals surface area contributed by atoms with E-state index in [9.17, 15) is 4.79 Å². The molecule has 0 bridgehead atoms. The summed E-state index contributed by atoms with van der Waals surface area (Å²) in [4.78, 5) is 12.1. The fraction of sp³-hybridized carbons (Fsp3) is 0.571. The molecule has 1 aromatic heterocycles. The fourth-order valence-corrected chi connectivity index (χ4v) is 2.68. The Balaban J connectivity index is 2.01. The predicted octanol–water partition coefficient (Wildman–Crippen LogP) is 3.50. The topological polar surface area (TPSA) is 46.9 Å². The van der Waals surface area contributed by atoms with Gasteiger partial charge in [-0.2, -0.15) is 5.10 Å². The molecular weight excluding hydrogens is 306 g/mol. The van der Waals surface area contributed by atoms with E-state index in [1.165, 1.54) is 29.5 Å². The van der Waals surface area contributed by atoms with Crippen LogP contribution in [0.3, 0.4) is 0 Å². The zero-order valence-electron chi connectivity index (χ0n) is 11.4. The molecule has 0 aromatic carbocycles. The van der Waals surface area contributed by atoms with E-state index in [0.717, 1.165) is 18.7 Å². The van der Waals surface area contributed by atoms with Crippen LogP contribution in [0, 0.1) is 0 Å². The Bertz CT molecular complexity index is 534. The van der Waals surface area contributed by atoms with E-state index in [1.54, 1.807) is 6.20 Å². The molecule has 0 amide bonds. The maximum atomic E-state index is 12.1. The van der Waals surface area contributed by atoms with Gasteiger partial charge in [0.25, 0.3) is 5.56 Å². The molecule has 2 rings (SSSR count). The minimum atomic E-state index is -0.0833. The summed E-state index contributed by atoms with van der Waals surface area (Å²) in [7, 11) is 0. The molecule has 1 N–H and O–H groups in total. The summed E-state index contributed by atoms with van der Waals surface area (Å²) in [5.41, 5.74) is 2.22. The molecule has 0 aliphatic heterocycles. The molecule has 104 valence electrons. The van der Waals surface area contributed by atoms with E-state index in [1.807, 2.05) is 13.8 Å². The molecule has 1 aliphatic rings. The lowest BCUT2D eigenvalue weighted by molar-refractivity contribution is 0.501. The fourth-order valence-electron chi connectivity index (χ4n) is 2.26. The summed E-state index contributed by atoms with van der Waals surface area (Å²) in [6.07, 6.45) is 8.80. The highest BCUT2D eigenvalue weighted by atomic mass is 79.9. The predicted molar refractivity (Wildman–Crippen MR) is 81.6 cm³/mol. The Labute approximate surface area is 122 Å². The number of allylic oxidation sites excluding steroid dienone is 1. The van der Waals surface area contributed by atoms with E-state index < -0.39 is 0 Å². The molecule has 0 saturated heterocycles. The number of anilines is 1. The molecule has 0 radical (unpaired) electrons. The van der Waals surface area contributed by atoms with Crippen molar-refractivity contribution in [2.24, 2.45) is 0 Å². The molecule has 1 aliphatic carbocycles. The van der Waals surface area contributed by atoms with Gasteiger partial charge < -0.3 is 5.32 Å². The third-order valence-corrected chi connectivity index (χ3v) is 4.10. The van der Waals surface area contributed by atoms with Gasteiger partial charge in [0.15, 0.2) is 0 Å². The number of nitrogens with one attached hydrogen (secondary N) is 1. The van der Waals surface area contributed by atoms with Crippen molar-refractivity contribution in [3.8, 4) is 0 Å². The molecular formula is C14H20BrN3O. The second kappa shape index (κ2) is 6.37. The maximum Gasteiger partial charge on any atom is 0.283 e. The van der Waals surface area contributed by atoms with Gasteiger partial charge in [-0.15, -0.1) is 0 Å². The first kappa shape index (κ1) is 14.3. The third kappa shape index (κ3) is 3.47. The molecule has 0 unspecified atom stereocenters. The van der Waals surface area contributed by atoms with Crippen molar-refractivity contribution < 1.29 is 0 Å². The van der Waals surface area contributed by atoms with Gasteiger partial charge in [-0.3, -0.25) is 4.79 Å². The summed E-state index contributed by atoms with van der Waals surface area (Å²) in [5, 5.41) is 7.47. The van der Waals surface area contributed by atoms with Crippen molar-refractivity contribution in [1.82, 2.24) is 9.78 Å². The zero-order chi connectivity index (χ0) is 13.8. The van der Waals surface area contributed by atoms with Crippen molar-refractivity contribution in [3.63, 3.8) is 0 Å². The van der Waals surface area contributed by atoms with Gasteiger partial charge in [0.05, 0.1) is 17.9 Å². The number of rotatable bonds is 5. The number of aromatic nitrogens is 2. The summed E-state index contributed by atoms with van der Waals surface area (Å²) in [6.45, 7) is 4.73. The second-order valence-corrected chi connectivity index (χ2v) is 5.94. The van der Waals surface area contributed by atoms with Gasteiger partial charge in [0, 0.05) is 6.54 Å². The van der Waals surface area contributed by atoms with Crippen molar-refractivity contribution in [2.75, 3.05) is 11.9 Å². The number of hydrogen-bond acceptors (Lipinski definition) is 3. The van der Waals surface area contributed by atoms with E-state index >= 15 is 0 Å². The third-order valence-electron chi connectivity index (χ3n) is 3.33. The highest BCUT2D eigenvalue weighted by molar-refractivity contribution is 9.10. The lowest BCUT2D eigenvalue weighted by Crippen LogP contribution is -2.26. The van der Waals surface area contributed by atoms with Crippen LogP contribution >= 0.6 is 15.9 Å². The highest BCUT2D eigenvalue weighted by Crippen LogP contribution is 2.21. The van der Waals surface area contributed by atoms with Crippen molar-refractivity contribution >= 4 is 21.6 Å². The first-order chi connectivity index (χ1) is 9.09. The minimum absolute atomic E-state index is 0.0708. The van der Waals surface area contributed by atoms with Crippen LogP contribution in [0.4, 0.5) is 5.69 Å². The number of halogens is 1. The second-order valence-electron chi connectivity index (χ2n) is 5.15. The Hall–Kier alpha value is -1.10. The summed E-state index contributed by atoms with van der Waals surface area (Å²) < 4.78 is 2.05. The van der Waals surface area contributed by atoms with Gasteiger partial charge in [-0.05, 0) is 55.5 Å². The van der Waals surface area contributed by atoms with Crippen LogP contribution in [-0.4, -0.2) is 16.3 Å². The van der Waals surface area contributed by atoms with Crippen molar-refractivity contribution in [2.45, 2.75) is 45.6 Å². The maximum absolute atomic E-state index is 12.1. The van der Waals surface area contributed by atoms with Crippen LogP contribution in [0.25, 0.3) is 0 Å². The molecule has 1 heterocycles. The number of nitrogens with zero attached hydrogens (tertiary/aromatic N) is 2. The summed E-state index contributed by atoms with van der Waals surface area (Å²) in [5.74, 6) is 0. The lowest BCUT2D eigenvalue weighted by atomic mass is 10.2. The van der Waals surface area contributed by atoms with Crippen LogP contribution in [0.1, 0.15) is 45.6 Å². The smallest absolute Gasteiger partial charge is 0.283 e. The van der Waals surface area contributed by atoms with E-state index in [-0.39, 0.29) is 11.6 Å². The van der Waals surface area contributed by atoms with Gasteiger partial charge in [0.1, 0.15) is 4.47 Å². The average Bonchev–Trinajstić information content (AvgIpc) is 2.87. The van der Waals surface area contributed by atoms with Gasteiger partial charge in [-0.25, -0.2) is 4.68 Å². The Kier molecular flexibility index (Phi) is 4.80. The SMILES string of the molecule is CC(C)n1ncc(NCCC2=CCCC2)c(Br)c1=O. The molecule has 5 heteroatoms. The molecule has 1 aromatic rings. The number of hydrogen-bond donors (Lipinski definition) is 1. The molecule has 19 heavy (non-hydrogen) atoms. The largest absolute Gasteiger partial charge is 0.382 e. The van der Waals surface area contributed by atoms with Crippen LogP contribution in [-0.2, 0) is 0 Å². The van der Waals surface area contributed by atoms with Crippen molar-refractivity contribution in [3.05, 3.63) is 32.7 Å². The summed E-state index contributed by atoms with van der Waals surface area (Å²) >= 11 is 3.36. The highest BCUT2D eigenvalue weighted by Gasteiger charge is 2.11. The van der Waals surface area contributed by atoms with Crippen LogP contribution in [0.5, 0.6) is 0 Å². The Morgan fingerprint density at radius 2 is 2.32 bits per heavy atom. The molecule has 0 saturated carbocycles. The van der Waals surface area contributed by atoms with Gasteiger partial charge in [0.2, 0.25) is 0 Å². The first-order valence-electron chi connectivity index (χ1n) is 6.78. The normalized spacial score (nSPS) is 14.8. The Morgan fingerprint density at radius 1 is 1.53 bits per heavy atom. The van der Waals surface area contributed by atoms with E-state index in [2.05, 4.69) is 32.4 Å². The molecule has 0 fully saturated rings. The minimum Gasteiger partial charge on any atom is -0.382 e. The molecule has 0 spiro atoms. The monoisotopic (exact) mass is 325 g/mol.